The highest BCUT2D eigenvalue weighted by atomic mass is 32.2. The lowest BCUT2D eigenvalue weighted by Gasteiger charge is -2.62. The Balaban J connectivity index is 2.13. The lowest BCUT2D eigenvalue weighted by atomic mass is 9.49. The molecule has 1 saturated heterocycles. The Kier molecular flexibility index (Phi) is 4.00. The van der Waals surface area contributed by atoms with Crippen molar-refractivity contribution in [2.45, 2.75) is 59.5 Å². The molecule has 2 rings (SSSR count). The van der Waals surface area contributed by atoms with Crippen LogP contribution in [0.15, 0.2) is 0 Å². The average Bonchev–Trinajstić information content (AvgIpc) is 2.35. The summed E-state index contributed by atoms with van der Waals surface area (Å²) < 4.78 is 29.7. The van der Waals surface area contributed by atoms with Gasteiger partial charge in [0.1, 0.15) is 0 Å². The van der Waals surface area contributed by atoms with E-state index in [0.717, 1.165) is 12.8 Å². The first-order valence-corrected chi connectivity index (χ1v) is 8.96. The third kappa shape index (κ3) is 2.51. The van der Waals surface area contributed by atoms with Crippen LogP contribution in [-0.4, -0.2) is 37.9 Å². The van der Waals surface area contributed by atoms with Crippen molar-refractivity contribution in [3.63, 3.8) is 0 Å². The maximum Gasteiger partial charge on any atom is 0.279 e. The summed E-state index contributed by atoms with van der Waals surface area (Å²) in [5.41, 5.74) is 5.77. The summed E-state index contributed by atoms with van der Waals surface area (Å²) in [6.07, 6.45) is 2.05. The summed E-state index contributed by atoms with van der Waals surface area (Å²) in [5, 5.41) is 0. The summed E-state index contributed by atoms with van der Waals surface area (Å²) in [4.78, 5) is 0. The Labute approximate surface area is 123 Å². The predicted molar refractivity (Wildman–Crippen MR) is 81.4 cm³/mol. The van der Waals surface area contributed by atoms with Crippen LogP contribution in [0.25, 0.3) is 0 Å². The van der Waals surface area contributed by atoms with Crippen LogP contribution >= 0.6 is 0 Å². The topological polar surface area (TPSA) is 75.4 Å². The molecule has 0 bridgehead atoms. The van der Waals surface area contributed by atoms with E-state index < -0.39 is 10.2 Å². The highest BCUT2D eigenvalue weighted by Crippen LogP contribution is 2.52. The highest BCUT2D eigenvalue weighted by Gasteiger charge is 2.61. The molecule has 20 heavy (non-hydrogen) atoms. The Morgan fingerprint density at radius 1 is 1.20 bits per heavy atom. The number of piperidine rings is 1. The van der Waals surface area contributed by atoms with Gasteiger partial charge in [-0.05, 0) is 29.6 Å². The molecule has 1 aliphatic heterocycles. The van der Waals surface area contributed by atoms with Crippen LogP contribution in [0.5, 0.6) is 0 Å². The average molecular weight is 303 g/mol. The normalized spacial score (nSPS) is 37.4. The monoisotopic (exact) mass is 303 g/mol. The van der Waals surface area contributed by atoms with E-state index >= 15 is 0 Å². The van der Waals surface area contributed by atoms with Crippen LogP contribution in [0.2, 0.25) is 0 Å². The Hall–Kier alpha value is -0.170. The standard InChI is InChI=1S/C14H29N3O2S/c1-10-7-6-8-17(9-10)20(18,19)16-12-13(2,3)11(15)14(12,4)5/h10-12,16H,6-9,15H2,1-5H3. The fourth-order valence-corrected chi connectivity index (χ4v) is 5.95. The van der Waals surface area contributed by atoms with E-state index in [4.69, 9.17) is 5.73 Å². The van der Waals surface area contributed by atoms with Crippen LogP contribution in [0, 0.1) is 16.7 Å². The van der Waals surface area contributed by atoms with Gasteiger partial charge in [0.05, 0.1) is 0 Å². The minimum atomic E-state index is -3.41. The first kappa shape index (κ1) is 16.2. The molecule has 1 aliphatic carbocycles. The number of hydrogen-bond donors (Lipinski definition) is 2. The van der Waals surface area contributed by atoms with Crippen molar-refractivity contribution in [2.24, 2.45) is 22.5 Å². The summed E-state index contributed by atoms with van der Waals surface area (Å²) >= 11 is 0. The minimum Gasteiger partial charge on any atom is -0.327 e. The molecule has 0 aromatic rings. The van der Waals surface area contributed by atoms with Crippen molar-refractivity contribution in [3.05, 3.63) is 0 Å². The second-order valence-corrected chi connectivity index (χ2v) is 9.48. The largest absolute Gasteiger partial charge is 0.327 e. The second kappa shape index (κ2) is 4.93. The molecule has 1 heterocycles. The van der Waals surface area contributed by atoms with Gasteiger partial charge in [-0.3, -0.25) is 0 Å². The molecule has 0 radical (unpaired) electrons. The summed E-state index contributed by atoms with van der Waals surface area (Å²) in [5.74, 6) is 0.435. The van der Waals surface area contributed by atoms with Crippen molar-refractivity contribution in [3.8, 4) is 0 Å². The van der Waals surface area contributed by atoms with Crippen LogP contribution < -0.4 is 10.5 Å². The first-order valence-electron chi connectivity index (χ1n) is 7.52. The smallest absolute Gasteiger partial charge is 0.279 e. The van der Waals surface area contributed by atoms with Gasteiger partial charge in [0.15, 0.2) is 0 Å². The SMILES string of the molecule is CC1CCCN(S(=O)(=O)NC2C(C)(C)C(N)C2(C)C)C1. The fourth-order valence-electron chi connectivity index (χ4n) is 4.07. The van der Waals surface area contributed by atoms with E-state index in [1.165, 1.54) is 0 Å². The van der Waals surface area contributed by atoms with Crippen LogP contribution in [0.4, 0.5) is 0 Å². The van der Waals surface area contributed by atoms with Gasteiger partial charge < -0.3 is 5.73 Å². The van der Waals surface area contributed by atoms with Crippen LogP contribution in [-0.2, 0) is 10.2 Å². The molecule has 1 saturated carbocycles. The molecule has 3 N–H and O–H groups in total. The molecule has 1 unspecified atom stereocenters. The first-order chi connectivity index (χ1) is 8.99. The van der Waals surface area contributed by atoms with E-state index in [9.17, 15) is 8.42 Å². The van der Waals surface area contributed by atoms with Crippen molar-refractivity contribution in [2.75, 3.05) is 13.1 Å². The summed E-state index contributed by atoms with van der Waals surface area (Å²) in [7, 11) is -3.41. The van der Waals surface area contributed by atoms with Gasteiger partial charge in [0.2, 0.25) is 0 Å². The Bertz CT molecular complexity index is 457. The van der Waals surface area contributed by atoms with Gasteiger partial charge in [-0.15, -0.1) is 0 Å². The minimum absolute atomic E-state index is 0.00276. The molecule has 5 nitrogen and oxygen atoms in total. The third-order valence-electron chi connectivity index (χ3n) is 5.32. The molecule has 0 amide bonds. The summed E-state index contributed by atoms with van der Waals surface area (Å²) in [6, 6.07) is -0.116. The van der Waals surface area contributed by atoms with Crippen molar-refractivity contribution in [1.29, 1.82) is 0 Å². The van der Waals surface area contributed by atoms with Crippen LogP contribution in [0.3, 0.4) is 0 Å². The van der Waals surface area contributed by atoms with E-state index in [1.807, 2.05) is 27.7 Å². The molecule has 0 aromatic heterocycles. The van der Waals surface area contributed by atoms with Gasteiger partial charge in [-0.2, -0.15) is 17.4 Å². The van der Waals surface area contributed by atoms with Gasteiger partial charge >= 0.3 is 0 Å². The number of nitrogens with two attached hydrogens (primary N) is 1. The molecule has 1 atom stereocenters. The zero-order valence-corrected chi connectivity index (χ0v) is 14.1. The maximum absolute atomic E-state index is 12.6. The lowest BCUT2D eigenvalue weighted by Crippen LogP contribution is -2.76. The van der Waals surface area contributed by atoms with Gasteiger partial charge in [-0.25, -0.2) is 0 Å². The Morgan fingerprint density at radius 3 is 2.25 bits per heavy atom. The van der Waals surface area contributed by atoms with E-state index in [-0.39, 0.29) is 22.9 Å². The van der Waals surface area contributed by atoms with Crippen molar-refractivity contribution < 1.29 is 8.42 Å². The molecular weight excluding hydrogens is 274 g/mol. The van der Waals surface area contributed by atoms with Gasteiger partial charge in [0, 0.05) is 25.2 Å². The number of nitrogens with zero attached hydrogens (tertiary/aromatic N) is 1. The molecule has 0 aromatic carbocycles. The highest BCUT2D eigenvalue weighted by molar-refractivity contribution is 7.87. The predicted octanol–water partition coefficient (Wildman–Crippen LogP) is 1.31. The molecule has 2 aliphatic rings. The van der Waals surface area contributed by atoms with Crippen LogP contribution in [0.1, 0.15) is 47.5 Å². The number of rotatable bonds is 3. The van der Waals surface area contributed by atoms with Crippen molar-refractivity contribution >= 4 is 10.2 Å². The molecular formula is C14H29N3O2S. The van der Waals surface area contributed by atoms with E-state index in [0.29, 0.717) is 19.0 Å². The second-order valence-electron chi connectivity index (χ2n) is 7.78. The zero-order valence-electron chi connectivity index (χ0n) is 13.3. The zero-order chi connectivity index (χ0) is 15.3. The van der Waals surface area contributed by atoms with Crippen molar-refractivity contribution in [1.82, 2.24) is 9.03 Å². The lowest BCUT2D eigenvalue weighted by molar-refractivity contribution is -0.0601. The van der Waals surface area contributed by atoms with Gasteiger partial charge in [0.25, 0.3) is 10.2 Å². The summed E-state index contributed by atoms with van der Waals surface area (Å²) in [6.45, 7) is 11.5. The van der Waals surface area contributed by atoms with Gasteiger partial charge in [-0.1, -0.05) is 34.6 Å². The molecule has 0 spiro atoms. The molecule has 6 heteroatoms. The number of hydrogen-bond acceptors (Lipinski definition) is 3. The molecule has 118 valence electrons. The fraction of sp³-hybridized carbons (Fsp3) is 1.00. The number of nitrogens with one attached hydrogen (secondary N) is 1. The molecule has 2 fully saturated rings. The third-order valence-corrected chi connectivity index (χ3v) is 6.86. The maximum atomic E-state index is 12.6. The van der Waals surface area contributed by atoms with E-state index in [1.54, 1.807) is 4.31 Å². The van der Waals surface area contributed by atoms with E-state index in [2.05, 4.69) is 11.6 Å². The quantitative estimate of drug-likeness (QED) is 0.825. The Morgan fingerprint density at radius 2 is 1.75 bits per heavy atom.